The molecular weight excluding hydrogens is 226 g/mol. The van der Waals surface area contributed by atoms with Crippen LogP contribution >= 0.6 is 0 Å². The molecule has 0 aliphatic carbocycles. The molecule has 0 fully saturated rings. The summed E-state index contributed by atoms with van der Waals surface area (Å²) >= 11 is 0. The summed E-state index contributed by atoms with van der Waals surface area (Å²) in [6.07, 6.45) is 3.06. The molecule has 2 rings (SSSR count). The zero-order valence-corrected chi connectivity index (χ0v) is 10.1. The van der Waals surface area contributed by atoms with Gasteiger partial charge in [0.15, 0.2) is 0 Å². The molecular formula is C14H15N3O. The Morgan fingerprint density at radius 1 is 1.28 bits per heavy atom. The summed E-state index contributed by atoms with van der Waals surface area (Å²) in [5, 5.41) is 7.50. The van der Waals surface area contributed by atoms with Gasteiger partial charge in [0.2, 0.25) is 0 Å². The Hall–Kier alpha value is -2.36. The second-order valence-corrected chi connectivity index (χ2v) is 3.96. The number of nitrogen functional groups attached to an aromatic ring is 1. The van der Waals surface area contributed by atoms with Gasteiger partial charge in [-0.05, 0) is 18.6 Å². The van der Waals surface area contributed by atoms with Crippen molar-refractivity contribution < 1.29 is 4.74 Å². The maximum atomic E-state index is 7.50. The monoisotopic (exact) mass is 241 g/mol. The SMILES string of the molecule is CC(Oc1cnccc1C(=N)N)c1ccccc1. The van der Waals surface area contributed by atoms with Crippen LogP contribution in [0.5, 0.6) is 5.75 Å². The number of nitrogens with zero attached hydrogens (tertiary/aromatic N) is 1. The summed E-state index contributed by atoms with van der Waals surface area (Å²) in [4.78, 5) is 4.00. The van der Waals surface area contributed by atoms with Crippen molar-refractivity contribution in [3.63, 3.8) is 0 Å². The molecule has 0 aliphatic rings. The molecule has 0 radical (unpaired) electrons. The Labute approximate surface area is 106 Å². The Kier molecular flexibility index (Phi) is 3.57. The molecule has 1 unspecified atom stereocenters. The predicted octanol–water partition coefficient (Wildman–Crippen LogP) is 2.51. The molecule has 0 saturated heterocycles. The molecule has 18 heavy (non-hydrogen) atoms. The molecule has 92 valence electrons. The average molecular weight is 241 g/mol. The molecule has 1 aromatic carbocycles. The topological polar surface area (TPSA) is 72.0 Å². The van der Waals surface area contributed by atoms with Crippen LogP contribution in [0.15, 0.2) is 48.8 Å². The van der Waals surface area contributed by atoms with Crippen LogP contribution in [0, 0.1) is 5.41 Å². The lowest BCUT2D eigenvalue weighted by molar-refractivity contribution is 0.225. The highest BCUT2D eigenvalue weighted by atomic mass is 16.5. The van der Waals surface area contributed by atoms with Crippen LogP contribution in [-0.2, 0) is 0 Å². The summed E-state index contributed by atoms with van der Waals surface area (Å²) in [7, 11) is 0. The highest BCUT2D eigenvalue weighted by molar-refractivity contribution is 5.97. The molecule has 1 aromatic heterocycles. The number of rotatable bonds is 4. The number of benzene rings is 1. The maximum absolute atomic E-state index is 7.50. The van der Waals surface area contributed by atoms with E-state index in [-0.39, 0.29) is 11.9 Å². The summed E-state index contributed by atoms with van der Waals surface area (Å²) in [5.41, 5.74) is 7.13. The van der Waals surface area contributed by atoms with E-state index in [9.17, 15) is 0 Å². The number of pyridine rings is 1. The predicted molar refractivity (Wildman–Crippen MR) is 70.7 cm³/mol. The number of hydrogen-bond acceptors (Lipinski definition) is 3. The van der Waals surface area contributed by atoms with Crippen molar-refractivity contribution in [2.75, 3.05) is 0 Å². The standard InChI is InChI=1S/C14H15N3O/c1-10(11-5-3-2-4-6-11)18-13-9-17-8-7-12(13)14(15)16/h2-10H,1H3,(H3,15,16). The van der Waals surface area contributed by atoms with Gasteiger partial charge in [0.05, 0.1) is 11.8 Å². The Morgan fingerprint density at radius 3 is 2.67 bits per heavy atom. The van der Waals surface area contributed by atoms with E-state index in [0.29, 0.717) is 11.3 Å². The lowest BCUT2D eigenvalue weighted by Crippen LogP contribution is -2.14. The third-order valence-electron chi connectivity index (χ3n) is 2.65. The zero-order valence-electron chi connectivity index (χ0n) is 10.1. The molecule has 4 nitrogen and oxygen atoms in total. The van der Waals surface area contributed by atoms with Gasteiger partial charge in [0.25, 0.3) is 0 Å². The molecule has 0 bridgehead atoms. The number of aromatic nitrogens is 1. The summed E-state index contributed by atoms with van der Waals surface area (Å²) in [6.45, 7) is 1.95. The van der Waals surface area contributed by atoms with E-state index in [1.807, 2.05) is 37.3 Å². The van der Waals surface area contributed by atoms with Crippen LogP contribution in [0.25, 0.3) is 0 Å². The average Bonchev–Trinajstić information content (AvgIpc) is 2.40. The van der Waals surface area contributed by atoms with E-state index in [0.717, 1.165) is 5.56 Å². The highest BCUT2D eigenvalue weighted by Crippen LogP contribution is 2.23. The molecule has 0 saturated carbocycles. The van der Waals surface area contributed by atoms with E-state index >= 15 is 0 Å². The Morgan fingerprint density at radius 2 is 2.00 bits per heavy atom. The van der Waals surface area contributed by atoms with Crippen molar-refractivity contribution in [2.45, 2.75) is 13.0 Å². The van der Waals surface area contributed by atoms with E-state index in [2.05, 4.69) is 4.98 Å². The summed E-state index contributed by atoms with van der Waals surface area (Å²) in [6, 6.07) is 11.5. The maximum Gasteiger partial charge on any atom is 0.149 e. The quantitative estimate of drug-likeness (QED) is 0.638. The van der Waals surface area contributed by atoms with E-state index in [1.54, 1.807) is 18.5 Å². The first-order valence-electron chi connectivity index (χ1n) is 5.68. The van der Waals surface area contributed by atoms with Crippen LogP contribution in [-0.4, -0.2) is 10.8 Å². The van der Waals surface area contributed by atoms with Crippen molar-refractivity contribution in [3.8, 4) is 5.75 Å². The second-order valence-electron chi connectivity index (χ2n) is 3.96. The van der Waals surface area contributed by atoms with Gasteiger partial charge in [0.1, 0.15) is 17.7 Å². The molecule has 0 amide bonds. The van der Waals surface area contributed by atoms with Crippen LogP contribution in [0.3, 0.4) is 0 Å². The van der Waals surface area contributed by atoms with Gasteiger partial charge < -0.3 is 10.5 Å². The third kappa shape index (κ3) is 2.66. The van der Waals surface area contributed by atoms with Gasteiger partial charge in [0, 0.05) is 6.20 Å². The third-order valence-corrected chi connectivity index (χ3v) is 2.65. The first-order chi connectivity index (χ1) is 8.68. The van der Waals surface area contributed by atoms with E-state index in [4.69, 9.17) is 15.9 Å². The van der Waals surface area contributed by atoms with Crippen LogP contribution in [0.2, 0.25) is 0 Å². The minimum Gasteiger partial charge on any atom is -0.484 e. The van der Waals surface area contributed by atoms with Crippen molar-refractivity contribution in [2.24, 2.45) is 5.73 Å². The number of ether oxygens (including phenoxy) is 1. The fourth-order valence-electron chi connectivity index (χ4n) is 1.68. The highest BCUT2D eigenvalue weighted by Gasteiger charge is 2.11. The lowest BCUT2D eigenvalue weighted by atomic mass is 10.1. The molecule has 4 heteroatoms. The van der Waals surface area contributed by atoms with Crippen LogP contribution in [0.1, 0.15) is 24.2 Å². The van der Waals surface area contributed by atoms with Gasteiger partial charge in [-0.1, -0.05) is 30.3 Å². The van der Waals surface area contributed by atoms with Gasteiger partial charge in [-0.25, -0.2) is 0 Å². The first-order valence-corrected chi connectivity index (χ1v) is 5.68. The summed E-state index contributed by atoms with van der Waals surface area (Å²) in [5.74, 6) is 0.508. The second kappa shape index (κ2) is 5.31. The molecule has 1 atom stereocenters. The van der Waals surface area contributed by atoms with Crippen molar-refractivity contribution in [1.82, 2.24) is 4.98 Å². The summed E-state index contributed by atoms with van der Waals surface area (Å²) < 4.78 is 5.81. The molecule has 1 heterocycles. The number of nitrogens with one attached hydrogen (secondary N) is 1. The Balaban J connectivity index is 2.22. The normalized spacial score (nSPS) is 11.8. The van der Waals surface area contributed by atoms with Gasteiger partial charge in [-0.2, -0.15) is 0 Å². The largest absolute Gasteiger partial charge is 0.484 e. The minimum absolute atomic E-state index is 0.0207. The van der Waals surface area contributed by atoms with Crippen molar-refractivity contribution in [1.29, 1.82) is 5.41 Å². The van der Waals surface area contributed by atoms with Crippen LogP contribution < -0.4 is 10.5 Å². The number of nitrogens with two attached hydrogens (primary N) is 1. The fraction of sp³-hybridized carbons (Fsp3) is 0.143. The van der Waals surface area contributed by atoms with Gasteiger partial charge in [-0.15, -0.1) is 0 Å². The lowest BCUT2D eigenvalue weighted by Gasteiger charge is -2.16. The number of hydrogen-bond donors (Lipinski definition) is 2. The molecule has 0 aliphatic heterocycles. The minimum atomic E-state index is -0.117. The van der Waals surface area contributed by atoms with E-state index < -0.39 is 0 Å². The molecule has 0 spiro atoms. The fourth-order valence-corrected chi connectivity index (χ4v) is 1.68. The smallest absolute Gasteiger partial charge is 0.149 e. The molecule has 2 aromatic rings. The first kappa shape index (κ1) is 12.1. The van der Waals surface area contributed by atoms with Crippen molar-refractivity contribution >= 4 is 5.84 Å². The number of amidine groups is 1. The Bertz CT molecular complexity index is 540. The van der Waals surface area contributed by atoms with Crippen molar-refractivity contribution in [3.05, 3.63) is 59.9 Å². The van der Waals surface area contributed by atoms with E-state index in [1.165, 1.54) is 0 Å². The zero-order chi connectivity index (χ0) is 13.0. The van der Waals surface area contributed by atoms with Crippen LogP contribution in [0.4, 0.5) is 0 Å². The van der Waals surface area contributed by atoms with Gasteiger partial charge >= 0.3 is 0 Å². The molecule has 3 N–H and O–H groups in total. The van der Waals surface area contributed by atoms with Gasteiger partial charge in [-0.3, -0.25) is 10.4 Å².